The van der Waals surface area contributed by atoms with Crippen LogP contribution in [0, 0.1) is 5.82 Å². The molecule has 6 nitrogen and oxygen atoms in total. The van der Waals surface area contributed by atoms with E-state index in [4.69, 9.17) is 23.2 Å². The highest BCUT2D eigenvalue weighted by atomic mass is 35.5. The molecule has 12 heteroatoms. The minimum absolute atomic E-state index is 0.00317. The fourth-order valence-corrected chi connectivity index (χ4v) is 4.34. The maximum atomic E-state index is 14.0. The van der Waals surface area contributed by atoms with E-state index in [0.717, 1.165) is 17.5 Å². The third-order valence-electron chi connectivity index (χ3n) is 5.43. The van der Waals surface area contributed by atoms with Crippen molar-refractivity contribution in [2.75, 3.05) is 5.32 Å². The topological polar surface area (TPSA) is 64.7 Å². The van der Waals surface area contributed by atoms with Gasteiger partial charge in [0.15, 0.2) is 11.5 Å². The van der Waals surface area contributed by atoms with E-state index in [-0.39, 0.29) is 40.0 Å². The Morgan fingerprint density at radius 3 is 2.58 bits per heavy atom. The number of nitrogens with one attached hydrogen (secondary N) is 1. The van der Waals surface area contributed by atoms with Gasteiger partial charge in [0.25, 0.3) is 0 Å². The lowest BCUT2D eigenvalue weighted by atomic mass is 10.1. The van der Waals surface area contributed by atoms with Gasteiger partial charge in [0.05, 0.1) is 6.54 Å². The molecule has 1 aromatic carbocycles. The van der Waals surface area contributed by atoms with Gasteiger partial charge >= 0.3 is 6.18 Å². The second-order valence-corrected chi connectivity index (χ2v) is 8.58. The fraction of sp³-hybridized carbons (Fsp3) is 0.381. The van der Waals surface area contributed by atoms with Gasteiger partial charge in [-0.05, 0) is 37.8 Å². The number of carbonyl (C=O) groups excluding carboxylic acids is 1. The SMILES string of the molecule is O=C(Cn1nc(C(F)(F)F)c2c1CCCCC2)Nc1nn(Cc2c(F)cccc2Cl)cc1Cl. The highest BCUT2D eigenvalue weighted by molar-refractivity contribution is 6.33. The van der Waals surface area contributed by atoms with E-state index in [9.17, 15) is 22.4 Å². The van der Waals surface area contributed by atoms with E-state index < -0.39 is 30.1 Å². The van der Waals surface area contributed by atoms with Gasteiger partial charge in [0.1, 0.15) is 17.4 Å². The van der Waals surface area contributed by atoms with Gasteiger partial charge < -0.3 is 5.32 Å². The van der Waals surface area contributed by atoms with Crippen LogP contribution in [0.2, 0.25) is 10.0 Å². The first-order chi connectivity index (χ1) is 15.6. The molecule has 0 bridgehead atoms. The molecule has 0 radical (unpaired) electrons. The number of nitrogens with zero attached hydrogens (tertiary/aromatic N) is 4. The van der Waals surface area contributed by atoms with Crippen molar-refractivity contribution in [1.29, 1.82) is 0 Å². The van der Waals surface area contributed by atoms with Crippen molar-refractivity contribution in [2.45, 2.75) is 51.4 Å². The minimum Gasteiger partial charge on any atom is -0.306 e. The summed E-state index contributed by atoms with van der Waals surface area (Å²) in [5.41, 5.74) is -0.135. The van der Waals surface area contributed by atoms with E-state index in [2.05, 4.69) is 15.5 Å². The molecule has 0 aliphatic heterocycles. The van der Waals surface area contributed by atoms with Crippen molar-refractivity contribution in [3.63, 3.8) is 0 Å². The van der Waals surface area contributed by atoms with Crippen LogP contribution in [0.25, 0.3) is 0 Å². The third-order valence-corrected chi connectivity index (χ3v) is 6.06. The van der Waals surface area contributed by atoms with Crippen molar-refractivity contribution in [3.8, 4) is 0 Å². The summed E-state index contributed by atoms with van der Waals surface area (Å²) in [6.07, 6.45) is -0.310. The predicted molar refractivity (Wildman–Crippen MR) is 115 cm³/mol. The van der Waals surface area contributed by atoms with Crippen LogP contribution in [-0.2, 0) is 36.9 Å². The molecule has 1 N–H and O–H groups in total. The number of amides is 1. The van der Waals surface area contributed by atoms with Crippen LogP contribution in [0.3, 0.4) is 0 Å². The second-order valence-electron chi connectivity index (χ2n) is 7.76. The lowest BCUT2D eigenvalue weighted by Crippen LogP contribution is -2.22. The van der Waals surface area contributed by atoms with Gasteiger partial charge in [-0.1, -0.05) is 35.7 Å². The van der Waals surface area contributed by atoms with Crippen LogP contribution < -0.4 is 5.32 Å². The summed E-state index contributed by atoms with van der Waals surface area (Å²) >= 11 is 12.2. The van der Waals surface area contributed by atoms with Gasteiger partial charge in [0.2, 0.25) is 5.91 Å². The van der Waals surface area contributed by atoms with E-state index in [0.29, 0.717) is 18.5 Å². The zero-order chi connectivity index (χ0) is 23.8. The average molecular weight is 504 g/mol. The molecule has 0 saturated heterocycles. The Labute approximate surface area is 196 Å². The number of rotatable bonds is 5. The van der Waals surface area contributed by atoms with Crippen LogP contribution in [0.5, 0.6) is 0 Å². The molecule has 0 unspecified atom stereocenters. The summed E-state index contributed by atoms with van der Waals surface area (Å²) in [5.74, 6) is -1.14. The number of anilines is 1. The summed E-state index contributed by atoms with van der Waals surface area (Å²) in [6, 6.07) is 4.27. The van der Waals surface area contributed by atoms with E-state index >= 15 is 0 Å². The zero-order valence-electron chi connectivity index (χ0n) is 17.2. The molecule has 0 atom stereocenters. The molecule has 0 spiro atoms. The molecule has 1 aliphatic carbocycles. The molecule has 1 aliphatic rings. The molecule has 176 valence electrons. The van der Waals surface area contributed by atoms with Crippen molar-refractivity contribution in [3.05, 3.63) is 62.8 Å². The summed E-state index contributed by atoms with van der Waals surface area (Å²) in [7, 11) is 0. The number of carbonyl (C=O) groups is 1. The van der Waals surface area contributed by atoms with Gasteiger partial charge in [0, 0.05) is 28.0 Å². The lowest BCUT2D eigenvalue weighted by Gasteiger charge is -2.08. The molecule has 4 rings (SSSR count). The first-order valence-corrected chi connectivity index (χ1v) is 11.0. The lowest BCUT2D eigenvalue weighted by molar-refractivity contribution is -0.142. The number of aromatic nitrogens is 4. The molecule has 2 heterocycles. The largest absolute Gasteiger partial charge is 0.435 e. The van der Waals surface area contributed by atoms with Crippen LogP contribution >= 0.6 is 23.2 Å². The summed E-state index contributed by atoms with van der Waals surface area (Å²) in [4.78, 5) is 12.6. The van der Waals surface area contributed by atoms with Crippen LogP contribution in [0.4, 0.5) is 23.4 Å². The number of halogens is 6. The first kappa shape index (κ1) is 23.6. The van der Waals surface area contributed by atoms with Crippen molar-refractivity contribution >= 4 is 34.9 Å². The Bertz CT molecular complexity index is 1170. The Morgan fingerprint density at radius 1 is 1.09 bits per heavy atom. The average Bonchev–Trinajstić information content (AvgIpc) is 3.13. The monoisotopic (exact) mass is 503 g/mol. The highest BCUT2D eigenvalue weighted by Gasteiger charge is 2.39. The molecule has 0 fully saturated rings. The highest BCUT2D eigenvalue weighted by Crippen LogP contribution is 2.35. The number of benzene rings is 1. The van der Waals surface area contributed by atoms with Crippen molar-refractivity contribution < 1.29 is 22.4 Å². The van der Waals surface area contributed by atoms with Crippen molar-refractivity contribution in [1.82, 2.24) is 19.6 Å². The van der Waals surface area contributed by atoms with E-state index in [1.54, 1.807) is 0 Å². The van der Waals surface area contributed by atoms with E-state index in [1.807, 2.05) is 0 Å². The predicted octanol–water partition coefficient (Wildman–Crippen LogP) is 5.50. The Balaban J connectivity index is 1.52. The molecular formula is C21H19Cl2F4N5O. The molecule has 2 aromatic heterocycles. The van der Waals surface area contributed by atoms with E-state index in [1.165, 1.54) is 29.1 Å². The molecular weight excluding hydrogens is 485 g/mol. The summed E-state index contributed by atoms with van der Waals surface area (Å²) in [5, 5.41) is 10.6. The normalized spacial score (nSPS) is 14.1. The summed E-state index contributed by atoms with van der Waals surface area (Å²) in [6.45, 7) is -0.441. The molecule has 3 aromatic rings. The first-order valence-electron chi connectivity index (χ1n) is 10.2. The Kier molecular flexibility index (Phi) is 6.67. The quantitative estimate of drug-likeness (QED) is 0.369. The number of hydrogen-bond donors (Lipinski definition) is 1. The molecule has 1 amide bonds. The van der Waals surface area contributed by atoms with Crippen LogP contribution in [0.15, 0.2) is 24.4 Å². The third kappa shape index (κ3) is 5.16. The molecule has 0 saturated carbocycles. The Hall–Kier alpha value is -2.59. The van der Waals surface area contributed by atoms with Gasteiger partial charge in [-0.2, -0.15) is 23.4 Å². The zero-order valence-corrected chi connectivity index (χ0v) is 18.7. The maximum absolute atomic E-state index is 14.0. The number of fused-ring (bicyclic) bond motifs is 1. The standard InChI is InChI=1S/C21H19Cl2F4N5O/c22-14-6-4-7-16(24)13(14)9-31-10-15(23)20(30-31)28-18(33)11-32-17-8-3-1-2-5-12(17)19(29-32)21(25,26)27/h4,6-7,10H,1-3,5,8-9,11H2,(H,28,30,33). The fourth-order valence-electron chi connectivity index (χ4n) is 3.92. The van der Waals surface area contributed by atoms with Crippen LogP contribution in [0.1, 0.15) is 41.8 Å². The summed E-state index contributed by atoms with van der Waals surface area (Å²) < 4.78 is 56.8. The van der Waals surface area contributed by atoms with Crippen LogP contribution in [-0.4, -0.2) is 25.5 Å². The second kappa shape index (κ2) is 9.34. The molecule has 33 heavy (non-hydrogen) atoms. The minimum atomic E-state index is -4.59. The van der Waals surface area contributed by atoms with Gasteiger partial charge in [-0.15, -0.1) is 0 Å². The maximum Gasteiger partial charge on any atom is 0.435 e. The smallest absolute Gasteiger partial charge is 0.306 e. The van der Waals surface area contributed by atoms with Crippen molar-refractivity contribution in [2.24, 2.45) is 0 Å². The number of hydrogen-bond acceptors (Lipinski definition) is 3. The number of alkyl halides is 3. The van der Waals surface area contributed by atoms with Gasteiger partial charge in [-0.3, -0.25) is 14.2 Å². The Morgan fingerprint density at radius 2 is 1.85 bits per heavy atom. The van der Waals surface area contributed by atoms with Gasteiger partial charge in [-0.25, -0.2) is 4.39 Å².